The molecule has 0 bridgehead atoms. The van der Waals surface area contributed by atoms with Gasteiger partial charge in [0.25, 0.3) is 0 Å². The fourth-order valence-electron chi connectivity index (χ4n) is 20.0. The monoisotopic (exact) mass is 1680 g/mol. The summed E-state index contributed by atoms with van der Waals surface area (Å²) in [7, 11) is 0. The number of nitrogens with zero attached hydrogens (tertiary/aromatic N) is 4. The maximum atomic E-state index is 2.74. The van der Waals surface area contributed by atoms with E-state index in [0.717, 1.165) is 26.2 Å². The molecular formula is C112H150N4S4. The zero-order valence-corrected chi connectivity index (χ0v) is 78.7. The number of benzene rings is 6. The predicted octanol–water partition coefficient (Wildman–Crippen LogP) is 38.6. The van der Waals surface area contributed by atoms with Crippen molar-refractivity contribution in [1.82, 2.24) is 18.3 Å². The van der Waals surface area contributed by atoms with Gasteiger partial charge in [-0.25, -0.2) is 0 Å². The van der Waals surface area contributed by atoms with Gasteiger partial charge in [0.1, 0.15) is 0 Å². The molecule has 14 aromatic rings. The van der Waals surface area contributed by atoms with Gasteiger partial charge in [-0.15, -0.1) is 45.3 Å². The molecule has 0 radical (unpaired) electrons. The number of aromatic nitrogens is 4. The van der Waals surface area contributed by atoms with Crippen molar-refractivity contribution in [2.24, 2.45) is 0 Å². The molecule has 8 heteroatoms. The number of rotatable bonds is 59. The largest absolute Gasteiger partial charge is 0.340 e. The average molecular weight is 1680 g/mol. The minimum atomic E-state index is 1.05. The number of fused-ring (bicyclic) bond motifs is 12. The summed E-state index contributed by atoms with van der Waals surface area (Å²) >= 11 is 7.99. The fourth-order valence-corrected chi connectivity index (χ4v) is 24.2. The lowest BCUT2D eigenvalue weighted by molar-refractivity contribution is 0.541. The van der Waals surface area contributed by atoms with Gasteiger partial charge in [-0.1, -0.05) is 335 Å². The van der Waals surface area contributed by atoms with Gasteiger partial charge in [0.05, 0.1) is 0 Å². The summed E-state index contributed by atoms with van der Waals surface area (Å²) in [4.78, 5) is 11.3. The molecule has 8 aromatic heterocycles. The molecule has 0 amide bonds. The second kappa shape index (κ2) is 47.4. The predicted molar refractivity (Wildman–Crippen MR) is 540 cm³/mol. The lowest BCUT2D eigenvalue weighted by Crippen LogP contribution is -1.99. The quantitative estimate of drug-likeness (QED) is 0.0339. The summed E-state index contributed by atoms with van der Waals surface area (Å²) in [5.41, 5.74) is 16.5. The van der Waals surface area contributed by atoms with E-state index in [1.165, 1.54) is 470 Å². The Labute approximate surface area is 740 Å². The van der Waals surface area contributed by atoms with Crippen molar-refractivity contribution < 1.29 is 0 Å². The van der Waals surface area contributed by atoms with Crippen molar-refractivity contribution in [2.75, 3.05) is 0 Å². The van der Waals surface area contributed by atoms with Gasteiger partial charge in [0.2, 0.25) is 0 Å². The molecule has 0 unspecified atom stereocenters. The Morgan fingerprint density at radius 3 is 0.600 bits per heavy atom. The molecule has 0 atom stereocenters. The Morgan fingerprint density at radius 1 is 0.167 bits per heavy atom. The van der Waals surface area contributed by atoms with E-state index in [4.69, 9.17) is 0 Å². The SMILES string of the molecule is CCCCCCCCCCCCn1c2ccc(-c3ccc(CCCCCC)s3)cc2c2cc3c(cc21)c1cc(-c2ccc(-c4ccc(-c5ccc6c(c5)c5cc7c(cc5n6CCCCCCCCCCCC)c5cc(-c6ccc(CCCCCC)s6)ccc5n7CCCCCCCCCCCC)s4)s2)ccc1n3CCCCCCCCCCCC. The first kappa shape index (κ1) is 89.6. The normalized spacial score (nSPS) is 12.2. The van der Waals surface area contributed by atoms with E-state index >= 15 is 0 Å². The van der Waals surface area contributed by atoms with E-state index < -0.39 is 0 Å². The van der Waals surface area contributed by atoms with Gasteiger partial charge < -0.3 is 18.3 Å². The maximum absolute atomic E-state index is 2.74. The molecule has 14 rings (SSSR count). The van der Waals surface area contributed by atoms with Gasteiger partial charge in [-0.3, -0.25) is 0 Å². The third-order valence-corrected chi connectivity index (χ3v) is 32.0. The van der Waals surface area contributed by atoms with Gasteiger partial charge in [0, 0.05) is 152 Å². The minimum absolute atomic E-state index is 1.05. The summed E-state index contributed by atoms with van der Waals surface area (Å²) in [5, 5.41) is 11.3. The Kier molecular flexibility index (Phi) is 35.4. The molecule has 0 saturated heterocycles. The Hall–Kier alpha value is -6.68. The van der Waals surface area contributed by atoms with Crippen LogP contribution in [0.3, 0.4) is 0 Å². The number of hydrogen-bond acceptors (Lipinski definition) is 4. The van der Waals surface area contributed by atoms with E-state index in [0.29, 0.717) is 0 Å². The summed E-state index contributed by atoms with van der Waals surface area (Å²) in [6.45, 7) is 18.2. The van der Waals surface area contributed by atoms with Crippen LogP contribution in [0.25, 0.3) is 139 Å². The smallest absolute Gasteiger partial charge is 0.0499 e. The summed E-state index contributed by atoms with van der Waals surface area (Å²) in [6, 6.07) is 60.0. The number of aryl methyl sites for hydroxylation is 6. The molecule has 0 aliphatic rings. The van der Waals surface area contributed by atoms with E-state index in [2.05, 4.69) is 205 Å². The van der Waals surface area contributed by atoms with Gasteiger partial charge in [-0.2, -0.15) is 0 Å². The average Bonchev–Trinajstić information content (AvgIpc) is 1.57. The lowest BCUT2D eigenvalue weighted by Gasteiger charge is -2.09. The number of hydrogen-bond donors (Lipinski definition) is 0. The highest BCUT2D eigenvalue weighted by Crippen LogP contribution is 2.47. The van der Waals surface area contributed by atoms with Gasteiger partial charge in [0.15, 0.2) is 0 Å². The maximum Gasteiger partial charge on any atom is 0.0499 e. The Bertz CT molecular complexity index is 5090. The standard InChI is InChI=1S/C112H150N4S4/c1-7-13-19-25-29-33-37-41-45-51-73-113-99-63-57-85(107-67-61-89(117-107)55-49-23-17-11-5)77-91(99)95-81-105-97(83-103(95)113)93-79-87(59-65-101(93)115(105)75-53-47-43-39-35-31-27-21-15-9-3)109-69-71-111(119-109)112-72-70-110(120-112)88-60-66-102-94(80-88)98-84-104-96(82-106(98)116(102)76-54-48-44-40-36-32-28-22-16-10-4)92-78-86(108-68-62-90(118-108)56-50-24-18-12-6)58-64-100(92)114(104)74-52-46-42-38-34-30-26-20-14-8-2/h57-72,77-84H,7-56,73-76H2,1-6H3. The first-order valence-electron chi connectivity index (χ1n) is 49.8. The molecule has 6 aromatic carbocycles. The molecule has 0 spiro atoms. The van der Waals surface area contributed by atoms with E-state index in [1.54, 1.807) is 0 Å². The van der Waals surface area contributed by atoms with E-state index in [9.17, 15) is 0 Å². The highest BCUT2D eigenvalue weighted by atomic mass is 32.1. The Morgan fingerprint density at radius 2 is 0.358 bits per heavy atom. The molecule has 0 fully saturated rings. The molecule has 0 aliphatic carbocycles. The summed E-state index contributed by atoms with van der Waals surface area (Å²) in [5.74, 6) is 0. The number of unbranched alkanes of at least 4 members (excludes halogenated alkanes) is 42. The van der Waals surface area contributed by atoms with Crippen LogP contribution in [0, 0.1) is 0 Å². The van der Waals surface area contributed by atoms with E-state index in [-0.39, 0.29) is 0 Å². The summed E-state index contributed by atoms with van der Waals surface area (Å²) in [6.07, 6.45) is 66.8. The van der Waals surface area contributed by atoms with Crippen molar-refractivity contribution in [3.63, 3.8) is 0 Å². The van der Waals surface area contributed by atoms with Crippen LogP contribution in [-0.2, 0) is 39.0 Å². The van der Waals surface area contributed by atoms with E-state index in [1.807, 2.05) is 45.3 Å². The van der Waals surface area contributed by atoms with Crippen molar-refractivity contribution in [3.05, 3.63) is 155 Å². The highest BCUT2D eigenvalue weighted by Gasteiger charge is 2.23. The van der Waals surface area contributed by atoms with Crippen LogP contribution in [0.5, 0.6) is 0 Å². The second-order valence-electron chi connectivity index (χ2n) is 36.5. The van der Waals surface area contributed by atoms with Crippen LogP contribution in [0.2, 0.25) is 0 Å². The lowest BCUT2D eigenvalue weighted by atomic mass is 10.0. The van der Waals surface area contributed by atoms with Crippen LogP contribution in [0.4, 0.5) is 0 Å². The molecule has 4 nitrogen and oxygen atoms in total. The van der Waals surface area contributed by atoms with Gasteiger partial charge in [-0.05, 0) is 195 Å². The fraction of sp³-hybridized carbons (Fsp3) is 0.536. The minimum Gasteiger partial charge on any atom is -0.340 e. The van der Waals surface area contributed by atoms with Crippen molar-refractivity contribution >= 4 is 133 Å². The first-order valence-corrected chi connectivity index (χ1v) is 53.1. The molecule has 8 heterocycles. The second-order valence-corrected chi connectivity index (χ2v) is 41.0. The van der Waals surface area contributed by atoms with Crippen LogP contribution in [0.15, 0.2) is 146 Å². The zero-order valence-electron chi connectivity index (χ0n) is 75.5. The molecule has 0 saturated carbocycles. The molecule has 0 N–H and O–H groups in total. The van der Waals surface area contributed by atoms with Crippen LogP contribution in [-0.4, -0.2) is 18.3 Å². The van der Waals surface area contributed by atoms with Gasteiger partial charge >= 0.3 is 0 Å². The Balaban J connectivity index is 0.781. The molecule has 120 heavy (non-hydrogen) atoms. The molecule has 0 aliphatic heterocycles. The van der Waals surface area contributed by atoms with Crippen molar-refractivity contribution in [2.45, 2.75) is 389 Å². The van der Waals surface area contributed by atoms with Crippen LogP contribution in [0.1, 0.15) is 359 Å². The molecule has 642 valence electrons. The highest BCUT2D eigenvalue weighted by molar-refractivity contribution is 7.25. The third kappa shape index (κ3) is 23.3. The number of thiophene rings is 4. The first-order chi connectivity index (χ1) is 59.4. The van der Waals surface area contributed by atoms with Crippen LogP contribution >= 0.6 is 45.3 Å². The molecular weight excluding hydrogens is 1530 g/mol. The third-order valence-electron chi connectivity index (χ3n) is 27.1. The van der Waals surface area contributed by atoms with Crippen LogP contribution < -0.4 is 0 Å². The topological polar surface area (TPSA) is 19.7 Å². The van der Waals surface area contributed by atoms with Crippen molar-refractivity contribution in [1.29, 1.82) is 0 Å². The summed E-state index contributed by atoms with van der Waals surface area (Å²) < 4.78 is 11.0. The van der Waals surface area contributed by atoms with Crippen molar-refractivity contribution in [3.8, 4) is 51.5 Å². The zero-order chi connectivity index (χ0) is 82.5.